The predicted octanol–water partition coefficient (Wildman–Crippen LogP) is 5.42. The molecule has 0 atom stereocenters. The molecular weight excluding hydrogens is 419 g/mol. The average molecular weight is 432 g/mol. The lowest BCUT2D eigenvalue weighted by Gasteiger charge is -2.09. The molecule has 31 heavy (non-hydrogen) atoms. The summed E-state index contributed by atoms with van der Waals surface area (Å²) in [5.41, 5.74) is -0.484. The van der Waals surface area contributed by atoms with E-state index in [1.807, 2.05) is 30.3 Å². The Balaban J connectivity index is 1.49. The molecular formula is C21H13F5N4O. The standard InChI is InChI=1S/C21H13F5N4O/c22-16-13(17(23)19(25)20(26)18(16)24)10-30-9-8-15(29-30)28-21(31)27-14-7-3-5-11-4-1-2-6-12(11)14/h1-9H,10H2,(H2,27,28,29,31). The van der Waals surface area contributed by atoms with Crippen molar-refractivity contribution in [2.45, 2.75) is 6.54 Å². The van der Waals surface area contributed by atoms with Gasteiger partial charge in [-0.25, -0.2) is 26.7 Å². The van der Waals surface area contributed by atoms with Gasteiger partial charge in [-0.1, -0.05) is 36.4 Å². The van der Waals surface area contributed by atoms with Gasteiger partial charge in [-0.15, -0.1) is 0 Å². The van der Waals surface area contributed by atoms with Gasteiger partial charge >= 0.3 is 6.03 Å². The Bertz CT molecular complexity index is 1270. The number of carbonyl (C=O) groups is 1. The Morgan fingerprint density at radius 1 is 0.806 bits per heavy atom. The molecule has 2 amide bonds. The molecule has 0 unspecified atom stereocenters. The fraction of sp³-hybridized carbons (Fsp3) is 0.0476. The molecule has 4 rings (SSSR count). The molecule has 0 spiro atoms. The van der Waals surface area contributed by atoms with E-state index < -0.39 is 47.2 Å². The first-order chi connectivity index (χ1) is 14.8. The highest BCUT2D eigenvalue weighted by Gasteiger charge is 2.26. The minimum atomic E-state index is -2.23. The lowest BCUT2D eigenvalue weighted by atomic mass is 10.1. The SMILES string of the molecule is O=C(Nc1ccn(Cc2c(F)c(F)c(F)c(F)c2F)n1)Nc1cccc2ccccc12. The number of hydrogen-bond acceptors (Lipinski definition) is 2. The molecule has 0 aliphatic rings. The van der Waals surface area contributed by atoms with Gasteiger partial charge in [0, 0.05) is 17.6 Å². The lowest BCUT2D eigenvalue weighted by Crippen LogP contribution is -2.20. The molecule has 1 aromatic heterocycles. The normalized spacial score (nSPS) is 11.0. The monoisotopic (exact) mass is 432 g/mol. The second-order valence-corrected chi connectivity index (χ2v) is 6.55. The molecule has 0 aliphatic carbocycles. The number of hydrogen-bond donors (Lipinski definition) is 2. The van der Waals surface area contributed by atoms with Gasteiger partial charge in [0.15, 0.2) is 29.1 Å². The van der Waals surface area contributed by atoms with E-state index in [4.69, 9.17) is 0 Å². The van der Waals surface area contributed by atoms with E-state index in [-0.39, 0.29) is 5.82 Å². The van der Waals surface area contributed by atoms with Crippen molar-refractivity contribution >= 4 is 28.3 Å². The average Bonchev–Trinajstić information content (AvgIpc) is 3.21. The summed E-state index contributed by atoms with van der Waals surface area (Å²) < 4.78 is 68.4. The van der Waals surface area contributed by atoms with E-state index in [0.29, 0.717) is 5.69 Å². The van der Waals surface area contributed by atoms with Crippen LogP contribution in [0.3, 0.4) is 0 Å². The topological polar surface area (TPSA) is 59.0 Å². The van der Waals surface area contributed by atoms with E-state index in [1.54, 1.807) is 12.1 Å². The van der Waals surface area contributed by atoms with Gasteiger partial charge in [0.25, 0.3) is 0 Å². The smallest absolute Gasteiger partial charge is 0.307 e. The molecule has 0 saturated carbocycles. The Morgan fingerprint density at radius 3 is 2.19 bits per heavy atom. The van der Waals surface area contributed by atoms with Gasteiger partial charge in [0.05, 0.1) is 17.8 Å². The van der Waals surface area contributed by atoms with Crippen LogP contribution in [0.25, 0.3) is 10.8 Å². The number of halogens is 5. The van der Waals surface area contributed by atoms with Crippen molar-refractivity contribution in [1.29, 1.82) is 0 Å². The van der Waals surface area contributed by atoms with Crippen molar-refractivity contribution in [3.05, 3.63) is 89.4 Å². The number of fused-ring (bicyclic) bond motifs is 1. The number of nitrogens with zero attached hydrogens (tertiary/aromatic N) is 2. The third-order valence-corrected chi connectivity index (χ3v) is 4.54. The molecule has 0 fully saturated rings. The minimum absolute atomic E-state index is 0.0154. The van der Waals surface area contributed by atoms with Crippen molar-refractivity contribution in [2.75, 3.05) is 10.6 Å². The van der Waals surface area contributed by atoms with Crippen LogP contribution >= 0.6 is 0 Å². The summed E-state index contributed by atoms with van der Waals surface area (Å²) in [5.74, 6) is -10.2. The predicted molar refractivity (Wildman–Crippen MR) is 104 cm³/mol. The Labute approximate surface area is 172 Å². The fourth-order valence-electron chi connectivity index (χ4n) is 3.07. The van der Waals surface area contributed by atoms with Gasteiger partial charge < -0.3 is 5.32 Å². The summed E-state index contributed by atoms with van der Waals surface area (Å²) in [7, 11) is 0. The highest BCUT2D eigenvalue weighted by Crippen LogP contribution is 2.25. The summed E-state index contributed by atoms with van der Waals surface area (Å²) in [6.45, 7) is -0.724. The summed E-state index contributed by atoms with van der Waals surface area (Å²) in [4.78, 5) is 12.3. The third kappa shape index (κ3) is 3.91. The van der Waals surface area contributed by atoms with Gasteiger partial charge in [-0.3, -0.25) is 10.00 Å². The molecule has 2 N–H and O–H groups in total. The molecule has 1 heterocycles. The second kappa shape index (κ2) is 8.05. The quantitative estimate of drug-likeness (QED) is 0.257. The van der Waals surface area contributed by atoms with Crippen molar-refractivity contribution in [3.8, 4) is 0 Å². The zero-order valence-corrected chi connectivity index (χ0v) is 15.6. The van der Waals surface area contributed by atoms with Gasteiger partial charge in [0.2, 0.25) is 5.82 Å². The molecule has 5 nitrogen and oxygen atoms in total. The van der Waals surface area contributed by atoms with Crippen LogP contribution in [-0.2, 0) is 6.54 Å². The molecule has 158 valence electrons. The number of urea groups is 1. The zero-order chi connectivity index (χ0) is 22.1. The summed E-state index contributed by atoms with van der Waals surface area (Å²) in [6.07, 6.45) is 1.23. The van der Waals surface area contributed by atoms with Crippen molar-refractivity contribution in [2.24, 2.45) is 0 Å². The number of anilines is 2. The maximum atomic E-state index is 13.8. The Kier molecular flexibility index (Phi) is 5.28. The number of amides is 2. The van der Waals surface area contributed by atoms with Crippen LogP contribution in [0, 0.1) is 29.1 Å². The lowest BCUT2D eigenvalue weighted by molar-refractivity contribution is 0.262. The first-order valence-electron chi connectivity index (χ1n) is 8.94. The minimum Gasteiger partial charge on any atom is -0.307 e. The largest absolute Gasteiger partial charge is 0.324 e. The maximum absolute atomic E-state index is 13.8. The summed E-state index contributed by atoms with van der Waals surface area (Å²) >= 11 is 0. The van der Waals surface area contributed by atoms with E-state index in [9.17, 15) is 26.7 Å². The van der Waals surface area contributed by atoms with E-state index in [1.165, 1.54) is 12.3 Å². The molecule has 0 bridgehead atoms. The van der Waals surface area contributed by atoms with E-state index >= 15 is 0 Å². The fourth-order valence-corrected chi connectivity index (χ4v) is 3.07. The molecule has 4 aromatic rings. The highest BCUT2D eigenvalue weighted by atomic mass is 19.2. The first-order valence-corrected chi connectivity index (χ1v) is 8.94. The van der Waals surface area contributed by atoms with Gasteiger partial charge in [-0.05, 0) is 11.5 Å². The summed E-state index contributed by atoms with van der Waals surface area (Å²) in [5, 5.41) is 10.7. The van der Waals surface area contributed by atoms with Crippen LogP contribution in [-0.4, -0.2) is 15.8 Å². The van der Waals surface area contributed by atoms with Crippen LogP contribution in [0.1, 0.15) is 5.56 Å². The Morgan fingerprint density at radius 2 is 1.45 bits per heavy atom. The van der Waals surface area contributed by atoms with Crippen molar-refractivity contribution in [1.82, 2.24) is 9.78 Å². The molecule has 0 radical (unpaired) electrons. The van der Waals surface area contributed by atoms with Crippen LogP contribution < -0.4 is 10.6 Å². The highest BCUT2D eigenvalue weighted by molar-refractivity contribution is 6.05. The van der Waals surface area contributed by atoms with Crippen molar-refractivity contribution in [3.63, 3.8) is 0 Å². The summed E-state index contributed by atoms with van der Waals surface area (Å²) in [6, 6.07) is 13.5. The third-order valence-electron chi connectivity index (χ3n) is 4.54. The van der Waals surface area contributed by atoms with Crippen molar-refractivity contribution < 1.29 is 26.7 Å². The number of rotatable bonds is 4. The molecule has 0 aliphatic heterocycles. The number of carbonyl (C=O) groups excluding carboxylic acids is 1. The van der Waals surface area contributed by atoms with E-state index in [0.717, 1.165) is 15.5 Å². The van der Waals surface area contributed by atoms with Crippen LogP contribution in [0.5, 0.6) is 0 Å². The molecule has 10 heteroatoms. The van der Waals surface area contributed by atoms with Gasteiger partial charge in [-0.2, -0.15) is 5.10 Å². The number of nitrogens with one attached hydrogen (secondary N) is 2. The zero-order valence-electron chi connectivity index (χ0n) is 15.6. The number of aromatic nitrogens is 2. The first kappa shape index (κ1) is 20.3. The van der Waals surface area contributed by atoms with Crippen LogP contribution in [0.15, 0.2) is 54.7 Å². The van der Waals surface area contributed by atoms with Crippen LogP contribution in [0.2, 0.25) is 0 Å². The second-order valence-electron chi connectivity index (χ2n) is 6.55. The van der Waals surface area contributed by atoms with Gasteiger partial charge in [0.1, 0.15) is 0 Å². The molecule has 0 saturated heterocycles. The molecule has 3 aromatic carbocycles. The maximum Gasteiger partial charge on any atom is 0.324 e. The Hall–Kier alpha value is -3.95. The van der Waals surface area contributed by atoms with Crippen LogP contribution in [0.4, 0.5) is 38.3 Å². The number of benzene rings is 3. The van der Waals surface area contributed by atoms with E-state index in [2.05, 4.69) is 15.7 Å².